The van der Waals surface area contributed by atoms with Crippen molar-refractivity contribution >= 4 is 33.0 Å². The molecule has 22 heavy (non-hydrogen) atoms. The van der Waals surface area contributed by atoms with Crippen LogP contribution in [0.15, 0.2) is 35.2 Å². The van der Waals surface area contributed by atoms with E-state index in [2.05, 4.69) is 31.3 Å². The molecule has 0 spiro atoms. The third-order valence-electron chi connectivity index (χ3n) is 4.23. The van der Waals surface area contributed by atoms with E-state index in [1.807, 2.05) is 38.2 Å². The highest BCUT2D eigenvalue weighted by molar-refractivity contribution is 9.10. The molecule has 3 aromatic rings. The Bertz CT molecular complexity index is 931. The Morgan fingerprint density at radius 2 is 2.14 bits per heavy atom. The van der Waals surface area contributed by atoms with E-state index in [1.54, 1.807) is 4.52 Å². The SMILES string of the molecule is Cc1cn2ncnc(C3C(=O)Nc4cc(Br)ccc43)c2c1C. The predicted octanol–water partition coefficient (Wildman–Crippen LogP) is 3.19. The van der Waals surface area contributed by atoms with Gasteiger partial charge in [-0.15, -0.1) is 0 Å². The Morgan fingerprint density at radius 3 is 2.95 bits per heavy atom. The van der Waals surface area contributed by atoms with Gasteiger partial charge in [0.05, 0.1) is 11.2 Å². The fourth-order valence-electron chi connectivity index (χ4n) is 3.03. The van der Waals surface area contributed by atoms with Gasteiger partial charge in [-0.25, -0.2) is 9.50 Å². The lowest BCUT2D eigenvalue weighted by Gasteiger charge is -2.10. The van der Waals surface area contributed by atoms with Gasteiger partial charge < -0.3 is 5.32 Å². The van der Waals surface area contributed by atoms with Crippen molar-refractivity contribution in [3.8, 4) is 0 Å². The van der Waals surface area contributed by atoms with E-state index in [0.717, 1.165) is 38.1 Å². The second kappa shape index (κ2) is 4.64. The minimum absolute atomic E-state index is 0.0491. The Morgan fingerprint density at radius 1 is 1.32 bits per heavy atom. The van der Waals surface area contributed by atoms with Crippen LogP contribution in [0.4, 0.5) is 5.69 Å². The Balaban J connectivity index is 1.99. The van der Waals surface area contributed by atoms with Crippen LogP contribution in [-0.4, -0.2) is 20.5 Å². The number of anilines is 1. The van der Waals surface area contributed by atoms with Crippen molar-refractivity contribution in [2.45, 2.75) is 19.8 Å². The van der Waals surface area contributed by atoms with Crippen molar-refractivity contribution < 1.29 is 4.79 Å². The molecule has 1 amide bonds. The summed E-state index contributed by atoms with van der Waals surface area (Å²) in [5.74, 6) is -0.450. The molecule has 1 aromatic carbocycles. The van der Waals surface area contributed by atoms with E-state index in [0.29, 0.717) is 0 Å². The van der Waals surface area contributed by atoms with Gasteiger partial charge in [-0.3, -0.25) is 4.79 Å². The molecule has 0 bridgehead atoms. The van der Waals surface area contributed by atoms with Gasteiger partial charge in [-0.1, -0.05) is 22.0 Å². The van der Waals surface area contributed by atoms with Gasteiger partial charge in [-0.2, -0.15) is 5.10 Å². The molecule has 0 saturated heterocycles. The maximum atomic E-state index is 12.5. The number of hydrogen-bond donors (Lipinski definition) is 1. The molecule has 1 atom stereocenters. The van der Waals surface area contributed by atoms with Crippen LogP contribution in [0.25, 0.3) is 5.52 Å². The molecule has 0 radical (unpaired) electrons. The second-order valence-electron chi connectivity index (χ2n) is 5.53. The Hall–Kier alpha value is -2.21. The standard InChI is InChI=1S/C16H13BrN4O/c1-8-6-21-15(9(8)2)14(18-7-19-21)13-11-4-3-10(17)5-12(11)20-16(13)22/h3-7,13H,1-2H3,(H,20,22). The number of carbonyl (C=O) groups is 1. The van der Waals surface area contributed by atoms with Gasteiger partial charge in [0.2, 0.25) is 5.91 Å². The van der Waals surface area contributed by atoms with E-state index in [4.69, 9.17) is 0 Å². The maximum Gasteiger partial charge on any atom is 0.238 e. The highest BCUT2D eigenvalue weighted by Gasteiger charge is 2.35. The van der Waals surface area contributed by atoms with Crippen LogP contribution in [0.5, 0.6) is 0 Å². The molecule has 1 aliphatic rings. The third-order valence-corrected chi connectivity index (χ3v) is 4.72. The minimum atomic E-state index is -0.401. The number of aryl methyl sites for hydroxylation is 2. The average Bonchev–Trinajstić information content (AvgIpc) is 2.95. The van der Waals surface area contributed by atoms with Crippen molar-refractivity contribution in [3.05, 3.63) is 57.6 Å². The number of carbonyl (C=O) groups excluding carboxylic acids is 1. The van der Waals surface area contributed by atoms with Gasteiger partial charge in [0, 0.05) is 16.4 Å². The lowest BCUT2D eigenvalue weighted by atomic mass is 9.95. The van der Waals surface area contributed by atoms with E-state index < -0.39 is 5.92 Å². The minimum Gasteiger partial charge on any atom is -0.325 e. The van der Waals surface area contributed by atoms with Gasteiger partial charge in [0.1, 0.15) is 12.2 Å². The summed E-state index contributed by atoms with van der Waals surface area (Å²) < 4.78 is 2.74. The molecule has 2 aromatic heterocycles. The first-order valence-corrected chi connectivity index (χ1v) is 7.75. The number of amides is 1. The number of fused-ring (bicyclic) bond motifs is 2. The molecule has 5 nitrogen and oxygen atoms in total. The summed E-state index contributed by atoms with van der Waals surface area (Å²) in [6.45, 7) is 4.07. The second-order valence-corrected chi connectivity index (χ2v) is 6.45. The molecule has 0 aliphatic carbocycles. The van der Waals surface area contributed by atoms with E-state index in [-0.39, 0.29) is 5.91 Å². The highest BCUT2D eigenvalue weighted by Crippen LogP contribution is 2.39. The Labute approximate surface area is 135 Å². The largest absolute Gasteiger partial charge is 0.325 e. The molecule has 110 valence electrons. The topological polar surface area (TPSA) is 59.3 Å². The van der Waals surface area contributed by atoms with E-state index >= 15 is 0 Å². The summed E-state index contributed by atoms with van der Waals surface area (Å²) in [6.07, 6.45) is 3.47. The molecule has 0 saturated carbocycles. The number of rotatable bonds is 1. The maximum absolute atomic E-state index is 12.5. The summed E-state index contributed by atoms with van der Waals surface area (Å²) in [4.78, 5) is 16.9. The van der Waals surface area contributed by atoms with Crippen molar-refractivity contribution in [2.24, 2.45) is 0 Å². The van der Waals surface area contributed by atoms with Crippen molar-refractivity contribution in [1.82, 2.24) is 14.6 Å². The van der Waals surface area contributed by atoms with Crippen LogP contribution in [-0.2, 0) is 4.79 Å². The van der Waals surface area contributed by atoms with E-state index in [9.17, 15) is 4.79 Å². The molecule has 1 N–H and O–H groups in total. The molecule has 1 unspecified atom stereocenters. The molecule has 3 heterocycles. The van der Waals surface area contributed by atoms with Gasteiger partial charge >= 0.3 is 0 Å². The van der Waals surface area contributed by atoms with Crippen LogP contribution < -0.4 is 5.32 Å². The molecule has 0 fully saturated rings. The molecular formula is C16H13BrN4O. The summed E-state index contributed by atoms with van der Waals surface area (Å²) in [6, 6.07) is 5.83. The van der Waals surface area contributed by atoms with Crippen molar-refractivity contribution in [1.29, 1.82) is 0 Å². The molecular weight excluding hydrogens is 344 g/mol. The zero-order chi connectivity index (χ0) is 15.4. The smallest absolute Gasteiger partial charge is 0.238 e. The van der Waals surface area contributed by atoms with Gasteiger partial charge in [-0.05, 0) is 42.7 Å². The fourth-order valence-corrected chi connectivity index (χ4v) is 3.39. The highest BCUT2D eigenvalue weighted by atomic mass is 79.9. The van der Waals surface area contributed by atoms with Gasteiger partial charge in [0.15, 0.2) is 0 Å². The lowest BCUT2D eigenvalue weighted by Crippen LogP contribution is -2.16. The van der Waals surface area contributed by atoms with Gasteiger partial charge in [0.25, 0.3) is 0 Å². The first-order chi connectivity index (χ1) is 10.6. The summed E-state index contributed by atoms with van der Waals surface area (Å²) >= 11 is 3.43. The summed E-state index contributed by atoms with van der Waals surface area (Å²) in [5, 5.41) is 7.20. The third kappa shape index (κ3) is 1.80. The Kier molecular flexibility index (Phi) is 2.84. The average molecular weight is 357 g/mol. The number of aromatic nitrogens is 3. The van der Waals surface area contributed by atoms with Crippen LogP contribution in [0.2, 0.25) is 0 Å². The lowest BCUT2D eigenvalue weighted by molar-refractivity contribution is -0.116. The van der Waals surface area contributed by atoms with Crippen LogP contribution >= 0.6 is 15.9 Å². The molecule has 1 aliphatic heterocycles. The normalized spacial score (nSPS) is 16.9. The van der Waals surface area contributed by atoms with Crippen LogP contribution in [0, 0.1) is 13.8 Å². The van der Waals surface area contributed by atoms with Crippen LogP contribution in [0.3, 0.4) is 0 Å². The monoisotopic (exact) mass is 356 g/mol. The zero-order valence-electron chi connectivity index (χ0n) is 12.1. The van der Waals surface area contributed by atoms with Crippen molar-refractivity contribution in [2.75, 3.05) is 5.32 Å². The van der Waals surface area contributed by atoms with E-state index in [1.165, 1.54) is 6.33 Å². The van der Waals surface area contributed by atoms with Crippen molar-refractivity contribution in [3.63, 3.8) is 0 Å². The molecule has 6 heteroatoms. The number of nitrogens with one attached hydrogen (secondary N) is 1. The molecule has 4 rings (SSSR count). The van der Waals surface area contributed by atoms with Crippen LogP contribution in [0.1, 0.15) is 28.3 Å². The number of halogens is 1. The fraction of sp³-hybridized carbons (Fsp3) is 0.188. The summed E-state index contributed by atoms with van der Waals surface area (Å²) in [5.41, 5.74) is 5.69. The first-order valence-electron chi connectivity index (χ1n) is 6.96. The number of hydrogen-bond acceptors (Lipinski definition) is 3. The zero-order valence-corrected chi connectivity index (χ0v) is 13.7. The number of benzene rings is 1. The summed E-state index contributed by atoms with van der Waals surface area (Å²) in [7, 11) is 0. The number of nitrogens with zero attached hydrogens (tertiary/aromatic N) is 3. The predicted molar refractivity (Wildman–Crippen MR) is 87.1 cm³/mol. The first kappa shape index (κ1) is 13.5. The quantitative estimate of drug-likeness (QED) is 0.728.